The first-order valence-electron chi connectivity index (χ1n) is 9.40. The van der Waals surface area contributed by atoms with Gasteiger partial charge in [0.05, 0.1) is 23.0 Å². The largest absolute Gasteiger partial charge is 0.289 e. The van der Waals surface area contributed by atoms with Crippen molar-refractivity contribution in [2.75, 3.05) is 31.1 Å². The number of piperazine rings is 1. The molecule has 7 nitrogen and oxygen atoms in total. The zero-order valence-electron chi connectivity index (χ0n) is 15.9. The maximum Gasteiger partial charge on any atom is 0.251 e. The Bertz CT molecular complexity index is 1090. The lowest BCUT2D eigenvalue weighted by molar-refractivity contribution is -0.123. The van der Waals surface area contributed by atoms with Crippen LogP contribution in [-0.2, 0) is 19.6 Å². The Labute approximate surface area is 172 Å². The number of halogens is 2. The number of hydrogen-bond donors (Lipinski definition) is 0. The molecular formula is C20H19F2N3O4S. The van der Waals surface area contributed by atoms with Crippen LogP contribution in [0, 0.1) is 11.6 Å². The summed E-state index contributed by atoms with van der Waals surface area (Å²) in [5.41, 5.74) is -0.279. The van der Waals surface area contributed by atoms with Crippen LogP contribution >= 0.6 is 0 Å². The first kappa shape index (κ1) is 20.6. The van der Waals surface area contributed by atoms with E-state index < -0.39 is 39.5 Å². The van der Waals surface area contributed by atoms with Gasteiger partial charge in [-0.1, -0.05) is 18.2 Å². The van der Waals surface area contributed by atoms with Gasteiger partial charge in [0.1, 0.15) is 11.6 Å². The minimum Gasteiger partial charge on any atom is -0.289 e. The first-order valence-corrected chi connectivity index (χ1v) is 10.8. The number of anilines is 1. The zero-order chi connectivity index (χ0) is 21.5. The van der Waals surface area contributed by atoms with Crippen molar-refractivity contribution >= 4 is 27.5 Å². The van der Waals surface area contributed by atoms with Crippen molar-refractivity contribution in [1.29, 1.82) is 0 Å². The van der Waals surface area contributed by atoms with E-state index in [2.05, 4.69) is 0 Å². The van der Waals surface area contributed by atoms with Crippen molar-refractivity contribution < 1.29 is 26.8 Å². The summed E-state index contributed by atoms with van der Waals surface area (Å²) in [5.74, 6) is -2.96. The van der Waals surface area contributed by atoms with Crippen LogP contribution in [0.1, 0.15) is 6.42 Å². The van der Waals surface area contributed by atoms with Gasteiger partial charge in [-0.2, -0.15) is 4.31 Å². The van der Waals surface area contributed by atoms with Crippen LogP contribution in [0.25, 0.3) is 0 Å². The number of benzene rings is 2. The molecule has 0 aliphatic carbocycles. The topological polar surface area (TPSA) is 78.0 Å². The van der Waals surface area contributed by atoms with Gasteiger partial charge in [-0.05, 0) is 24.3 Å². The smallest absolute Gasteiger partial charge is 0.251 e. The lowest BCUT2D eigenvalue weighted by Gasteiger charge is -2.36. The van der Waals surface area contributed by atoms with E-state index in [1.54, 1.807) is 23.1 Å². The zero-order valence-corrected chi connectivity index (χ0v) is 16.7. The lowest BCUT2D eigenvalue weighted by atomic mass is 10.2. The molecule has 30 heavy (non-hydrogen) atoms. The van der Waals surface area contributed by atoms with Gasteiger partial charge < -0.3 is 0 Å². The van der Waals surface area contributed by atoms with Gasteiger partial charge in [0.25, 0.3) is 5.91 Å². The molecule has 2 amide bonds. The van der Waals surface area contributed by atoms with Crippen LogP contribution in [0.2, 0.25) is 0 Å². The average molecular weight is 435 g/mol. The summed E-state index contributed by atoms with van der Waals surface area (Å²) in [4.78, 5) is 27.9. The van der Waals surface area contributed by atoms with Crippen LogP contribution < -0.4 is 4.90 Å². The molecule has 10 heteroatoms. The fourth-order valence-corrected chi connectivity index (χ4v) is 5.26. The highest BCUT2D eigenvalue weighted by Gasteiger charge is 2.44. The van der Waals surface area contributed by atoms with Crippen molar-refractivity contribution in [3.8, 4) is 0 Å². The summed E-state index contributed by atoms with van der Waals surface area (Å²) in [6.45, 7) is 0.852. The van der Waals surface area contributed by atoms with E-state index in [-0.39, 0.29) is 43.2 Å². The summed E-state index contributed by atoms with van der Waals surface area (Å²) in [6, 6.07) is 9.94. The Morgan fingerprint density at radius 1 is 0.900 bits per heavy atom. The molecule has 2 saturated heterocycles. The summed E-state index contributed by atoms with van der Waals surface area (Å²) in [5, 5.41) is 0. The third-order valence-corrected chi connectivity index (χ3v) is 7.28. The second kappa shape index (κ2) is 7.86. The third kappa shape index (κ3) is 3.62. The summed E-state index contributed by atoms with van der Waals surface area (Å²) < 4.78 is 54.1. The Hall–Kier alpha value is -2.69. The molecule has 4 rings (SSSR count). The number of amides is 2. The number of imide groups is 1. The van der Waals surface area contributed by atoms with E-state index in [4.69, 9.17) is 0 Å². The highest BCUT2D eigenvalue weighted by atomic mass is 32.2. The first-order chi connectivity index (χ1) is 14.3. The quantitative estimate of drug-likeness (QED) is 0.682. The van der Waals surface area contributed by atoms with Crippen molar-refractivity contribution in [2.24, 2.45) is 0 Å². The molecular weight excluding hydrogens is 416 g/mol. The van der Waals surface area contributed by atoms with Crippen LogP contribution in [0.5, 0.6) is 0 Å². The molecule has 158 valence electrons. The van der Waals surface area contributed by atoms with Crippen molar-refractivity contribution in [3.05, 3.63) is 60.2 Å². The predicted molar refractivity (Wildman–Crippen MR) is 104 cm³/mol. The number of rotatable bonds is 4. The van der Waals surface area contributed by atoms with Gasteiger partial charge in [-0.25, -0.2) is 22.1 Å². The summed E-state index contributed by atoms with van der Waals surface area (Å²) in [7, 11) is -3.64. The van der Waals surface area contributed by atoms with Crippen molar-refractivity contribution in [1.82, 2.24) is 9.21 Å². The van der Waals surface area contributed by atoms with E-state index in [0.29, 0.717) is 6.07 Å². The van der Waals surface area contributed by atoms with Crippen molar-refractivity contribution in [2.45, 2.75) is 17.4 Å². The van der Waals surface area contributed by atoms with Gasteiger partial charge in [0.15, 0.2) is 0 Å². The molecule has 0 radical (unpaired) electrons. The molecule has 0 spiro atoms. The number of nitrogens with zero attached hydrogens (tertiary/aromatic N) is 3. The molecule has 2 aliphatic heterocycles. The van der Waals surface area contributed by atoms with Crippen LogP contribution in [0.4, 0.5) is 14.5 Å². The van der Waals surface area contributed by atoms with E-state index >= 15 is 0 Å². The Morgan fingerprint density at radius 3 is 2.20 bits per heavy atom. The van der Waals surface area contributed by atoms with Crippen LogP contribution in [0.3, 0.4) is 0 Å². The van der Waals surface area contributed by atoms with E-state index in [1.807, 2.05) is 0 Å². The number of hydrogen-bond acceptors (Lipinski definition) is 5. The maximum absolute atomic E-state index is 14.1. The molecule has 2 heterocycles. The molecule has 0 bridgehead atoms. The van der Waals surface area contributed by atoms with E-state index in [9.17, 15) is 26.8 Å². The number of sulfonamides is 1. The van der Waals surface area contributed by atoms with Gasteiger partial charge in [0.2, 0.25) is 15.9 Å². The SMILES string of the molecule is O=C1C[C@@H](N2CCN(S(=O)(=O)c3ccccc3)CC2)C(=O)N1c1ccc(F)cc1F. The number of carbonyl (C=O) groups excluding carboxylic acids is 2. The Kier molecular flexibility index (Phi) is 5.39. The number of carbonyl (C=O) groups is 2. The minimum atomic E-state index is -3.64. The molecule has 0 aromatic heterocycles. The second-order valence-corrected chi connectivity index (χ2v) is 9.07. The summed E-state index contributed by atoms with van der Waals surface area (Å²) >= 11 is 0. The minimum absolute atomic E-state index is 0.138. The fraction of sp³-hybridized carbons (Fsp3) is 0.300. The molecule has 0 saturated carbocycles. The maximum atomic E-state index is 14.1. The van der Waals surface area contributed by atoms with Gasteiger partial charge in [-0.3, -0.25) is 14.5 Å². The molecule has 1 atom stereocenters. The second-order valence-electron chi connectivity index (χ2n) is 7.14. The predicted octanol–water partition coefficient (Wildman–Crippen LogP) is 1.60. The van der Waals surface area contributed by atoms with Crippen molar-refractivity contribution in [3.63, 3.8) is 0 Å². The molecule has 2 fully saturated rings. The summed E-state index contributed by atoms with van der Waals surface area (Å²) in [6.07, 6.45) is -0.138. The molecule has 0 N–H and O–H groups in total. The average Bonchev–Trinajstić information content (AvgIpc) is 3.03. The monoisotopic (exact) mass is 435 g/mol. The van der Waals surface area contributed by atoms with Crippen LogP contribution in [-0.4, -0.2) is 61.7 Å². The fourth-order valence-electron chi connectivity index (χ4n) is 3.81. The molecule has 2 aliphatic rings. The van der Waals surface area contributed by atoms with E-state index in [0.717, 1.165) is 17.0 Å². The van der Waals surface area contributed by atoms with Crippen LogP contribution in [0.15, 0.2) is 53.4 Å². The molecule has 2 aromatic rings. The highest BCUT2D eigenvalue weighted by Crippen LogP contribution is 2.29. The standard InChI is InChI=1S/C20H19F2N3O4S/c21-14-6-7-17(16(22)12-14)25-19(26)13-18(20(25)27)23-8-10-24(11-9-23)30(28,29)15-4-2-1-3-5-15/h1-7,12,18H,8-11,13H2/t18-/m1/s1. The molecule has 0 unspecified atom stereocenters. The lowest BCUT2D eigenvalue weighted by Crippen LogP contribution is -2.53. The highest BCUT2D eigenvalue weighted by molar-refractivity contribution is 7.89. The molecule has 2 aromatic carbocycles. The normalized spacial score (nSPS) is 21.4. The van der Waals surface area contributed by atoms with E-state index in [1.165, 1.54) is 16.4 Å². The third-order valence-electron chi connectivity index (χ3n) is 5.37. The Balaban J connectivity index is 1.47. The Morgan fingerprint density at radius 2 is 1.57 bits per heavy atom. The van der Waals surface area contributed by atoms with Gasteiger partial charge in [-0.15, -0.1) is 0 Å². The van der Waals surface area contributed by atoms with Gasteiger partial charge >= 0.3 is 0 Å². The van der Waals surface area contributed by atoms with Gasteiger partial charge in [0, 0.05) is 32.2 Å².